The monoisotopic (exact) mass is 427 g/mol. The molecule has 8 heteroatoms. The molecule has 4 rings (SSSR count). The topological polar surface area (TPSA) is 97.4 Å². The molecule has 1 aliphatic rings. The van der Waals surface area contributed by atoms with E-state index >= 15 is 0 Å². The molecule has 0 saturated carbocycles. The molecule has 0 fully saturated rings. The minimum absolute atomic E-state index is 0.196. The van der Waals surface area contributed by atoms with Crippen molar-refractivity contribution < 1.29 is 18.5 Å². The Hall–Kier alpha value is -2.87. The smallest absolute Gasteiger partial charge is 0.261 e. The maximum absolute atomic E-state index is 13.2. The molecule has 0 atom stereocenters. The van der Waals surface area contributed by atoms with Crippen molar-refractivity contribution in [2.24, 2.45) is 0 Å². The van der Waals surface area contributed by atoms with Gasteiger partial charge in [-0.2, -0.15) is 0 Å². The van der Waals surface area contributed by atoms with Crippen molar-refractivity contribution >= 4 is 28.2 Å². The fourth-order valence-electron chi connectivity index (χ4n) is 3.89. The van der Waals surface area contributed by atoms with Crippen LogP contribution in [0.2, 0.25) is 0 Å². The summed E-state index contributed by atoms with van der Waals surface area (Å²) < 4.78 is 10.5. The number of hydrogen-bond donors (Lipinski definition) is 2. The van der Waals surface area contributed by atoms with Crippen LogP contribution < -0.4 is 10.6 Å². The summed E-state index contributed by atoms with van der Waals surface area (Å²) in [7, 11) is 0. The molecule has 2 amide bonds. The molecule has 0 radical (unpaired) electrons. The van der Waals surface area contributed by atoms with Crippen LogP contribution in [-0.2, 0) is 19.4 Å². The molecule has 30 heavy (non-hydrogen) atoms. The standard InChI is InChI=1S/C22H25N3O4S/c1-13-18(14(2)29-25-13)21(27)24-22-19(20(26)23-12-15-8-7-11-28-15)16-9-5-3-4-6-10-17(16)30-22/h7-8,11H,3-6,9-10,12H2,1-2H3,(H,23,26)(H,24,27). The van der Waals surface area contributed by atoms with Gasteiger partial charge in [-0.25, -0.2) is 0 Å². The van der Waals surface area contributed by atoms with Crippen LogP contribution in [0.4, 0.5) is 5.00 Å². The summed E-state index contributed by atoms with van der Waals surface area (Å²) in [6.07, 6.45) is 7.84. The average molecular weight is 428 g/mol. The van der Waals surface area contributed by atoms with E-state index in [-0.39, 0.29) is 11.8 Å². The van der Waals surface area contributed by atoms with Crippen molar-refractivity contribution in [3.8, 4) is 0 Å². The molecule has 0 bridgehead atoms. The number of anilines is 1. The van der Waals surface area contributed by atoms with Crippen LogP contribution >= 0.6 is 11.3 Å². The number of aryl methyl sites for hydroxylation is 3. The minimum atomic E-state index is -0.305. The van der Waals surface area contributed by atoms with Gasteiger partial charge in [-0.15, -0.1) is 11.3 Å². The molecular weight excluding hydrogens is 402 g/mol. The third-order valence-corrected chi connectivity index (χ3v) is 6.60. The second-order valence-electron chi connectivity index (χ2n) is 7.54. The Balaban J connectivity index is 1.65. The van der Waals surface area contributed by atoms with Gasteiger partial charge in [0.15, 0.2) is 0 Å². The summed E-state index contributed by atoms with van der Waals surface area (Å²) in [5.41, 5.74) is 2.58. The van der Waals surface area contributed by atoms with Gasteiger partial charge >= 0.3 is 0 Å². The molecule has 2 N–H and O–H groups in total. The van der Waals surface area contributed by atoms with Gasteiger partial charge in [-0.1, -0.05) is 18.0 Å². The lowest BCUT2D eigenvalue weighted by Gasteiger charge is -2.12. The Kier molecular flexibility index (Phi) is 6.03. The predicted molar refractivity (Wildman–Crippen MR) is 114 cm³/mol. The Labute approximate surface area is 178 Å². The largest absolute Gasteiger partial charge is 0.467 e. The van der Waals surface area contributed by atoms with Crippen LogP contribution in [0.5, 0.6) is 0 Å². The maximum atomic E-state index is 13.2. The quantitative estimate of drug-likeness (QED) is 0.610. The Morgan fingerprint density at radius 3 is 2.60 bits per heavy atom. The maximum Gasteiger partial charge on any atom is 0.261 e. The van der Waals surface area contributed by atoms with Gasteiger partial charge in [0.1, 0.15) is 22.1 Å². The van der Waals surface area contributed by atoms with E-state index in [1.54, 1.807) is 26.2 Å². The zero-order valence-electron chi connectivity index (χ0n) is 17.2. The molecular formula is C22H25N3O4S. The van der Waals surface area contributed by atoms with Crippen molar-refractivity contribution in [3.63, 3.8) is 0 Å². The molecule has 0 aliphatic heterocycles. The highest BCUT2D eigenvalue weighted by atomic mass is 32.1. The lowest BCUT2D eigenvalue weighted by Crippen LogP contribution is -2.25. The SMILES string of the molecule is Cc1noc(C)c1C(=O)Nc1sc2c(c1C(=O)NCc1ccco1)CCCCCC2. The normalized spacial score (nSPS) is 13.9. The zero-order valence-corrected chi connectivity index (χ0v) is 18.0. The average Bonchev–Trinajstić information content (AvgIpc) is 3.40. The van der Waals surface area contributed by atoms with Gasteiger partial charge in [0.05, 0.1) is 24.1 Å². The van der Waals surface area contributed by atoms with Gasteiger partial charge < -0.3 is 19.6 Å². The number of nitrogens with zero attached hydrogens (tertiary/aromatic N) is 1. The molecule has 3 heterocycles. The highest BCUT2D eigenvalue weighted by Crippen LogP contribution is 2.37. The summed E-state index contributed by atoms with van der Waals surface area (Å²) in [5.74, 6) is 0.644. The lowest BCUT2D eigenvalue weighted by molar-refractivity contribution is 0.0948. The van der Waals surface area contributed by atoms with Crippen LogP contribution in [0.3, 0.4) is 0 Å². The van der Waals surface area contributed by atoms with E-state index < -0.39 is 0 Å². The number of nitrogens with one attached hydrogen (secondary N) is 2. The number of amides is 2. The van der Waals surface area contributed by atoms with Gasteiger partial charge in [0.25, 0.3) is 11.8 Å². The highest BCUT2D eigenvalue weighted by molar-refractivity contribution is 7.17. The Morgan fingerprint density at radius 1 is 1.10 bits per heavy atom. The minimum Gasteiger partial charge on any atom is -0.467 e. The fourth-order valence-corrected chi connectivity index (χ4v) is 5.17. The van der Waals surface area contributed by atoms with Gasteiger partial charge in [0, 0.05) is 4.88 Å². The first-order chi connectivity index (χ1) is 14.5. The molecule has 0 aromatic carbocycles. The second-order valence-corrected chi connectivity index (χ2v) is 8.64. The van der Waals surface area contributed by atoms with Crippen LogP contribution in [0.15, 0.2) is 27.3 Å². The predicted octanol–water partition coefficient (Wildman–Crippen LogP) is 4.79. The van der Waals surface area contributed by atoms with Crippen molar-refractivity contribution in [3.05, 3.63) is 57.2 Å². The van der Waals surface area contributed by atoms with E-state index in [4.69, 9.17) is 8.94 Å². The summed E-state index contributed by atoms with van der Waals surface area (Å²) in [6.45, 7) is 3.74. The molecule has 3 aromatic rings. The van der Waals surface area contributed by atoms with Crippen LogP contribution in [0, 0.1) is 13.8 Å². The van der Waals surface area contributed by atoms with E-state index in [1.807, 2.05) is 6.07 Å². The van der Waals surface area contributed by atoms with Crippen LogP contribution in [0.1, 0.15) is 74.1 Å². The highest BCUT2D eigenvalue weighted by Gasteiger charge is 2.27. The second kappa shape index (κ2) is 8.87. The first-order valence-corrected chi connectivity index (χ1v) is 11.1. The van der Waals surface area contributed by atoms with Gasteiger partial charge in [0.2, 0.25) is 0 Å². The first kappa shape index (κ1) is 20.4. The Bertz CT molecular complexity index is 1030. The Morgan fingerprint density at radius 2 is 1.90 bits per heavy atom. The number of rotatable bonds is 5. The number of furan rings is 1. The third kappa shape index (κ3) is 4.18. The van der Waals surface area contributed by atoms with Gasteiger partial charge in [-0.3, -0.25) is 9.59 Å². The van der Waals surface area contributed by atoms with Crippen LogP contribution in [0.25, 0.3) is 0 Å². The molecule has 3 aromatic heterocycles. The third-order valence-electron chi connectivity index (χ3n) is 5.39. The summed E-state index contributed by atoms with van der Waals surface area (Å²) in [5, 5.41) is 10.3. The number of hydrogen-bond acceptors (Lipinski definition) is 6. The van der Waals surface area contributed by atoms with E-state index in [0.29, 0.717) is 39.9 Å². The van der Waals surface area contributed by atoms with Crippen molar-refractivity contribution in [2.75, 3.05) is 5.32 Å². The molecule has 0 unspecified atom stereocenters. The number of carbonyl (C=O) groups excluding carboxylic acids is 2. The summed E-state index contributed by atoms with van der Waals surface area (Å²) in [6, 6.07) is 3.61. The molecule has 158 valence electrons. The summed E-state index contributed by atoms with van der Waals surface area (Å²) >= 11 is 1.51. The number of fused-ring (bicyclic) bond motifs is 1. The van der Waals surface area contributed by atoms with Crippen molar-refractivity contribution in [1.82, 2.24) is 10.5 Å². The number of thiophene rings is 1. The fraction of sp³-hybridized carbons (Fsp3) is 0.409. The van der Waals surface area contributed by atoms with Crippen molar-refractivity contribution in [2.45, 2.75) is 58.9 Å². The first-order valence-electron chi connectivity index (χ1n) is 10.2. The van der Waals surface area contributed by atoms with Gasteiger partial charge in [-0.05, 0) is 57.2 Å². The number of carbonyl (C=O) groups is 2. The van der Waals surface area contributed by atoms with E-state index in [2.05, 4.69) is 15.8 Å². The van der Waals surface area contributed by atoms with Crippen molar-refractivity contribution in [1.29, 1.82) is 0 Å². The van der Waals surface area contributed by atoms with E-state index in [0.717, 1.165) is 37.7 Å². The van der Waals surface area contributed by atoms with E-state index in [9.17, 15) is 9.59 Å². The van der Waals surface area contributed by atoms with Crippen LogP contribution in [-0.4, -0.2) is 17.0 Å². The zero-order chi connectivity index (χ0) is 21.1. The molecule has 7 nitrogen and oxygen atoms in total. The number of aromatic nitrogens is 1. The van der Waals surface area contributed by atoms with E-state index in [1.165, 1.54) is 22.6 Å². The molecule has 0 spiro atoms. The summed E-state index contributed by atoms with van der Waals surface area (Å²) in [4.78, 5) is 27.3. The lowest BCUT2D eigenvalue weighted by atomic mass is 9.96. The molecule has 0 saturated heterocycles. The molecule has 1 aliphatic carbocycles.